The van der Waals surface area contributed by atoms with Gasteiger partial charge < -0.3 is 4.90 Å². The van der Waals surface area contributed by atoms with Crippen LogP contribution in [-0.2, 0) is 5.41 Å². The van der Waals surface area contributed by atoms with Crippen LogP contribution in [-0.4, -0.2) is 0 Å². The fourth-order valence-corrected chi connectivity index (χ4v) is 11.4. The lowest BCUT2D eigenvalue weighted by Gasteiger charge is -2.37. The summed E-state index contributed by atoms with van der Waals surface area (Å²) in [6, 6.07) is 85.7. The summed E-state index contributed by atoms with van der Waals surface area (Å²) in [6.45, 7) is 4.46. The van der Waals surface area contributed by atoms with Crippen molar-refractivity contribution in [2.75, 3.05) is 4.90 Å². The number of rotatable bonds is 9. The van der Waals surface area contributed by atoms with Gasteiger partial charge in [0, 0.05) is 17.1 Å². The number of anilines is 3. The van der Waals surface area contributed by atoms with E-state index in [1.807, 2.05) is 0 Å². The maximum atomic E-state index is 2.47. The lowest BCUT2D eigenvalue weighted by Crippen LogP contribution is -2.33. The van der Waals surface area contributed by atoms with Gasteiger partial charge in [-0.05, 0) is 155 Å². The summed E-state index contributed by atoms with van der Waals surface area (Å²) >= 11 is 0. The second-order valence-corrected chi connectivity index (χ2v) is 18.0. The fraction of sp³-hybridized carbons (Fsp3) is 0.0606. The Bertz CT molecular complexity index is 3580. The zero-order chi connectivity index (χ0) is 44.9. The van der Waals surface area contributed by atoms with E-state index in [9.17, 15) is 0 Å². The first kappa shape index (κ1) is 40.3. The van der Waals surface area contributed by atoms with Crippen molar-refractivity contribution < 1.29 is 0 Å². The second kappa shape index (κ2) is 16.6. The number of hydrogen-bond acceptors (Lipinski definition) is 1. The van der Waals surface area contributed by atoms with Crippen LogP contribution in [0.1, 0.15) is 30.5 Å². The van der Waals surface area contributed by atoms with E-state index in [1.165, 1.54) is 93.2 Å². The van der Waals surface area contributed by atoms with Crippen molar-refractivity contribution in [3.63, 3.8) is 0 Å². The van der Waals surface area contributed by atoms with Gasteiger partial charge in [0.25, 0.3) is 0 Å². The molecule has 1 heteroatoms. The number of benzene rings is 11. The SMILES string of the molecule is C/C=C\C=C/C(C)C1(c2ccccc2)c2ccccc2-c2cc(N(c3cccc(-c4cc5ccccc5c5ccccc45)c3)c3cccc(-c4cc5ccccc5c5ccccc45)c3)ccc21. The van der Waals surface area contributed by atoms with Gasteiger partial charge in [-0.2, -0.15) is 0 Å². The Labute approximate surface area is 393 Å². The topological polar surface area (TPSA) is 3.24 Å². The van der Waals surface area contributed by atoms with Crippen molar-refractivity contribution in [1.82, 2.24) is 0 Å². The van der Waals surface area contributed by atoms with Crippen LogP contribution in [0, 0.1) is 5.92 Å². The molecule has 0 fully saturated rings. The minimum absolute atomic E-state index is 0.164. The molecule has 2 unspecified atom stereocenters. The summed E-state index contributed by atoms with van der Waals surface area (Å²) < 4.78 is 0. The van der Waals surface area contributed by atoms with Gasteiger partial charge in [0.05, 0.1) is 5.41 Å². The molecule has 0 heterocycles. The number of nitrogens with zero attached hydrogens (tertiary/aromatic N) is 1. The lowest BCUT2D eigenvalue weighted by atomic mass is 9.64. The smallest absolute Gasteiger partial charge is 0.0523 e. The van der Waals surface area contributed by atoms with Gasteiger partial charge in [0.15, 0.2) is 0 Å². The summed E-state index contributed by atoms with van der Waals surface area (Å²) in [5.74, 6) is 0.164. The molecule has 12 rings (SSSR count). The van der Waals surface area contributed by atoms with Crippen LogP contribution in [0.15, 0.2) is 255 Å². The molecule has 2 atom stereocenters. The van der Waals surface area contributed by atoms with Crippen molar-refractivity contribution >= 4 is 60.2 Å². The Balaban J connectivity index is 1.09. The summed E-state index contributed by atoms with van der Waals surface area (Å²) in [5.41, 5.74) is 14.2. The summed E-state index contributed by atoms with van der Waals surface area (Å²) in [6.07, 6.45) is 8.83. The summed E-state index contributed by atoms with van der Waals surface area (Å²) in [7, 11) is 0. The quantitative estimate of drug-likeness (QED) is 0.103. The van der Waals surface area contributed by atoms with Crippen molar-refractivity contribution in [1.29, 1.82) is 0 Å². The molecule has 1 nitrogen and oxygen atoms in total. The third-order valence-electron chi connectivity index (χ3n) is 14.3. The van der Waals surface area contributed by atoms with Gasteiger partial charge in [0.2, 0.25) is 0 Å². The monoisotopic (exact) mass is 855 g/mol. The first-order valence-electron chi connectivity index (χ1n) is 23.5. The highest BCUT2D eigenvalue weighted by Gasteiger charge is 2.47. The van der Waals surface area contributed by atoms with Crippen molar-refractivity contribution in [3.05, 3.63) is 272 Å². The zero-order valence-corrected chi connectivity index (χ0v) is 37.8. The van der Waals surface area contributed by atoms with Gasteiger partial charge in [-0.1, -0.05) is 213 Å². The van der Waals surface area contributed by atoms with Gasteiger partial charge in [-0.3, -0.25) is 0 Å². The highest BCUT2D eigenvalue weighted by Crippen LogP contribution is 2.58. The van der Waals surface area contributed by atoms with Gasteiger partial charge in [-0.25, -0.2) is 0 Å². The molecule has 0 radical (unpaired) electrons. The lowest BCUT2D eigenvalue weighted by molar-refractivity contribution is 0.492. The number of hydrogen-bond donors (Lipinski definition) is 0. The van der Waals surface area contributed by atoms with E-state index >= 15 is 0 Å². The number of fused-ring (bicyclic) bond motifs is 9. The summed E-state index contributed by atoms with van der Waals surface area (Å²) in [5, 5.41) is 10.1. The van der Waals surface area contributed by atoms with Gasteiger partial charge in [0.1, 0.15) is 0 Å². The minimum atomic E-state index is -0.386. The molecule has 0 saturated heterocycles. The van der Waals surface area contributed by atoms with Crippen molar-refractivity contribution in [2.45, 2.75) is 19.3 Å². The molecule has 67 heavy (non-hydrogen) atoms. The molecule has 1 aliphatic rings. The largest absolute Gasteiger partial charge is 0.310 e. The van der Waals surface area contributed by atoms with E-state index < -0.39 is 0 Å². The molecule has 0 bridgehead atoms. The number of allylic oxidation sites excluding steroid dienone is 4. The van der Waals surface area contributed by atoms with Crippen molar-refractivity contribution in [2.24, 2.45) is 5.92 Å². The van der Waals surface area contributed by atoms with E-state index in [0.717, 1.165) is 17.1 Å². The van der Waals surface area contributed by atoms with Crippen LogP contribution in [0.5, 0.6) is 0 Å². The van der Waals surface area contributed by atoms with Gasteiger partial charge in [-0.15, -0.1) is 0 Å². The van der Waals surface area contributed by atoms with Crippen LogP contribution < -0.4 is 4.90 Å². The van der Waals surface area contributed by atoms with Crippen molar-refractivity contribution in [3.8, 4) is 33.4 Å². The van der Waals surface area contributed by atoms with E-state index in [1.54, 1.807) is 0 Å². The van der Waals surface area contributed by atoms with E-state index in [0.29, 0.717) is 0 Å². The van der Waals surface area contributed by atoms with Crippen LogP contribution in [0.4, 0.5) is 17.1 Å². The minimum Gasteiger partial charge on any atom is -0.310 e. The van der Waals surface area contributed by atoms with Crippen LogP contribution in [0.3, 0.4) is 0 Å². The first-order chi connectivity index (χ1) is 33.1. The first-order valence-corrected chi connectivity index (χ1v) is 23.5. The Morgan fingerprint density at radius 1 is 0.373 bits per heavy atom. The molecule has 1 aliphatic carbocycles. The van der Waals surface area contributed by atoms with Crippen LogP contribution in [0.2, 0.25) is 0 Å². The highest BCUT2D eigenvalue weighted by molar-refractivity contribution is 6.15. The van der Waals surface area contributed by atoms with E-state index in [4.69, 9.17) is 0 Å². The molecule has 0 saturated carbocycles. The summed E-state index contributed by atoms with van der Waals surface area (Å²) in [4.78, 5) is 2.47. The molecule has 0 aliphatic heterocycles. The average molecular weight is 856 g/mol. The standard InChI is InChI=1S/C66H49N/c1-3-4-6-21-45(2)66(50-26-7-5-8-27-50)64-37-18-17-36-60(64)63-44-53(38-39-65(63)66)67(51-28-19-24-46(40-51)61-42-48-22-9-11-30-54(48)56-32-13-15-34-58(56)61)52-29-20-25-47(41-52)62-43-49-23-10-12-31-55(49)57-33-14-16-35-59(57)62/h3-45H,1-2H3/b4-3-,21-6-. The molecule has 318 valence electrons. The van der Waals surface area contributed by atoms with E-state index in [-0.39, 0.29) is 11.3 Å². The Kier molecular flexibility index (Phi) is 9.99. The third kappa shape index (κ3) is 6.61. The molecule has 11 aromatic carbocycles. The van der Waals surface area contributed by atoms with E-state index in [2.05, 4.69) is 274 Å². The molecule has 0 N–H and O–H groups in total. The molecule has 0 spiro atoms. The Morgan fingerprint density at radius 2 is 0.866 bits per heavy atom. The Hall–Kier alpha value is -8.26. The predicted octanol–water partition coefficient (Wildman–Crippen LogP) is 18.2. The van der Waals surface area contributed by atoms with Crippen LogP contribution in [0.25, 0.3) is 76.5 Å². The molecular weight excluding hydrogens is 807 g/mol. The normalized spacial score (nSPS) is 14.9. The maximum Gasteiger partial charge on any atom is 0.0523 e. The zero-order valence-electron chi connectivity index (χ0n) is 37.8. The maximum absolute atomic E-state index is 2.47. The second-order valence-electron chi connectivity index (χ2n) is 18.0. The molecule has 11 aromatic rings. The highest BCUT2D eigenvalue weighted by atomic mass is 15.1. The fourth-order valence-electron chi connectivity index (χ4n) is 11.4. The van der Waals surface area contributed by atoms with Gasteiger partial charge >= 0.3 is 0 Å². The third-order valence-corrected chi connectivity index (χ3v) is 14.3. The predicted molar refractivity (Wildman–Crippen MR) is 287 cm³/mol. The molecular formula is C66H49N. The Morgan fingerprint density at radius 3 is 1.46 bits per heavy atom. The van der Waals surface area contributed by atoms with Crippen LogP contribution >= 0.6 is 0 Å². The molecule has 0 amide bonds. The average Bonchev–Trinajstić information content (AvgIpc) is 3.69. The molecule has 0 aromatic heterocycles.